The number of aromatic hydroxyl groups is 1. The Kier molecular flexibility index (Phi) is 11.3. The molecule has 244 valence electrons. The number of unbranched alkanes of at least 4 members (excludes halogenated alkanes) is 2. The lowest BCUT2D eigenvalue weighted by atomic mass is 9.81. The van der Waals surface area contributed by atoms with Crippen LogP contribution in [0.4, 0.5) is 0 Å². The summed E-state index contributed by atoms with van der Waals surface area (Å²) in [5.41, 5.74) is 3.28. The van der Waals surface area contributed by atoms with Gasteiger partial charge >= 0.3 is 0 Å². The molecule has 1 aromatic heterocycles. The first-order valence-corrected chi connectivity index (χ1v) is 17.7. The number of hydrogen-bond donors (Lipinski definition) is 4. The molecular weight excluding hydrogens is 590 g/mol. The Hall–Kier alpha value is -3.31. The SMILES string of the molecule is CCc1c(SC)[nH]c2c(CN3CC3CCNC(=O)CCCCCNC(=O)C3CCC(CN4C(=O)C=CC4=O)CC3)c(O)ccc12. The third-order valence-corrected chi connectivity index (χ3v) is 10.4. The van der Waals surface area contributed by atoms with Gasteiger partial charge < -0.3 is 20.7 Å². The molecule has 3 aliphatic rings. The molecule has 4 N–H and O–H groups in total. The molecule has 4 amide bonds. The number of thioether (sulfide) groups is 1. The lowest BCUT2D eigenvalue weighted by Crippen LogP contribution is -2.38. The molecule has 0 bridgehead atoms. The van der Waals surface area contributed by atoms with Crippen molar-refractivity contribution in [3.05, 3.63) is 35.4 Å². The van der Waals surface area contributed by atoms with Gasteiger partial charge in [0.15, 0.2) is 0 Å². The fourth-order valence-corrected chi connectivity index (χ4v) is 7.51. The van der Waals surface area contributed by atoms with E-state index in [4.69, 9.17) is 0 Å². The average Bonchev–Trinajstić information content (AvgIpc) is 3.56. The summed E-state index contributed by atoms with van der Waals surface area (Å²) in [5.74, 6) is 0.263. The van der Waals surface area contributed by atoms with Gasteiger partial charge in [-0.05, 0) is 81.2 Å². The van der Waals surface area contributed by atoms with Crippen molar-refractivity contribution >= 4 is 46.3 Å². The van der Waals surface area contributed by atoms with Crippen LogP contribution >= 0.6 is 11.8 Å². The van der Waals surface area contributed by atoms with E-state index in [-0.39, 0.29) is 35.5 Å². The van der Waals surface area contributed by atoms with E-state index in [1.54, 1.807) is 17.8 Å². The van der Waals surface area contributed by atoms with Gasteiger partial charge in [0.1, 0.15) is 5.75 Å². The van der Waals surface area contributed by atoms with Crippen molar-refractivity contribution in [3.63, 3.8) is 0 Å². The van der Waals surface area contributed by atoms with Crippen LogP contribution in [0.1, 0.15) is 75.8 Å². The highest BCUT2D eigenvalue weighted by Crippen LogP contribution is 2.37. The molecule has 0 radical (unpaired) electrons. The molecule has 0 spiro atoms. The van der Waals surface area contributed by atoms with Gasteiger partial charge in [0, 0.05) is 74.2 Å². The molecule has 1 saturated carbocycles. The molecule has 2 aromatic rings. The van der Waals surface area contributed by atoms with Gasteiger partial charge in [-0.3, -0.25) is 29.0 Å². The summed E-state index contributed by atoms with van der Waals surface area (Å²) in [6, 6.07) is 4.22. The monoisotopic (exact) mass is 637 g/mol. The summed E-state index contributed by atoms with van der Waals surface area (Å²) >= 11 is 1.70. The van der Waals surface area contributed by atoms with Crippen molar-refractivity contribution in [1.29, 1.82) is 0 Å². The quantitative estimate of drug-likeness (QED) is 0.0936. The minimum Gasteiger partial charge on any atom is -0.508 e. The maximum atomic E-state index is 12.6. The summed E-state index contributed by atoms with van der Waals surface area (Å²) in [5, 5.41) is 19.1. The number of phenols is 1. The molecule has 3 heterocycles. The van der Waals surface area contributed by atoms with E-state index in [0.29, 0.717) is 44.4 Å². The van der Waals surface area contributed by atoms with Gasteiger partial charge in [-0.15, -0.1) is 11.8 Å². The summed E-state index contributed by atoms with van der Waals surface area (Å²) in [7, 11) is 0. The van der Waals surface area contributed by atoms with E-state index in [2.05, 4.69) is 33.7 Å². The number of aromatic nitrogens is 1. The molecule has 1 aliphatic carbocycles. The van der Waals surface area contributed by atoms with Crippen LogP contribution < -0.4 is 10.6 Å². The predicted molar refractivity (Wildman–Crippen MR) is 176 cm³/mol. The highest BCUT2D eigenvalue weighted by atomic mass is 32.2. The molecule has 2 fully saturated rings. The zero-order chi connectivity index (χ0) is 31.9. The van der Waals surface area contributed by atoms with Crippen molar-refractivity contribution in [3.8, 4) is 5.75 Å². The molecule has 2 unspecified atom stereocenters. The number of benzene rings is 1. The van der Waals surface area contributed by atoms with Gasteiger partial charge in [0.2, 0.25) is 11.8 Å². The van der Waals surface area contributed by atoms with Crippen LogP contribution in [-0.2, 0) is 32.1 Å². The van der Waals surface area contributed by atoms with Crippen molar-refractivity contribution < 1.29 is 24.3 Å². The molecule has 2 aliphatic heterocycles. The van der Waals surface area contributed by atoms with Crippen molar-refractivity contribution in [2.75, 3.05) is 32.4 Å². The maximum absolute atomic E-state index is 12.6. The van der Waals surface area contributed by atoms with Crippen LogP contribution in [0.5, 0.6) is 5.75 Å². The standard InChI is InChI=1S/C34H47N5O5S/c1-3-25-26-12-13-28(40)27(32(26)37-34(25)45-2)21-38-20-24(38)16-18-35-29(41)7-5-4-6-17-36-33(44)23-10-8-22(9-11-23)19-39-30(42)14-15-31(39)43/h12-15,22-24,37,40H,3-11,16-21H2,1-2H3,(H,35,41)(H,36,44). The number of carbonyl (C=O) groups excluding carboxylic acids is 4. The topological polar surface area (TPSA) is 135 Å². The van der Waals surface area contributed by atoms with Crippen LogP contribution in [0, 0.1) is 11.8 Å². The zero-order valence-corrected chi connectivity index (χ0v) is 27.3. The van der Waals surface area contributed by atoms with E-state index in [1.165, 1.54) is 28.0 Å². The number of H-pyrrole nitrogens is 1. The first-order valence-electron chi connectivity index (χ1n) is 16.5. The average molecular weight is 638 g/mol. The predicted octanol–water partition coefficient (Wildman–Crippen LogP) is 4.26. The van der Waals surface area contributed by atoms with Gasteiger partial charge in [0.05, 0.1) is 10.5 Å². The van der Waals surface area contributed by atoms with E-state index in [1.807, 2.05) is 6.07 Å². The van der Waals surface area contributed by atoms with Crippen LogP contribution in [-0.4, -0.2) is 82.0 Å². The number of fused-ring (bicyclic) bond motifs is 1. The molecule has 10 nitrogen and oxygen atoms in total. The van der Waals surface area contributed by atoms with E-state index in [0.717, 1.165) is 80.4 Å². The molecule has 1 aromatic carbocycles. The Morgan fingerprint density at radius 2 is 1.76 bits per heavy atom. The molecule has 1 saturated heterocycles. The van der Waals surface area contributed by atoms with E-state index >= 15 is 0 Å². The number of carbonyl (C=O) groups is 4. The Balaban J connectivity index is 0.900. The Labute approximate surface area is 269 Å². The zero-order valence-electron chi connectivity index (χ0n) is 26.5. The summed E-state index contributed by atoms with van der Waals surface area (Å²) in [6.45, 7) is 5.53. The van der Waals surface area contributed by atoms with Crippen LogP contribution in [0.3, 0.4) is 0 Å². The number of rotatable bonds is 16. The van der Waals surface area contributed by atoms with Gasteiger partial charge in [-0.1, -0.05) is 13.3 Å². The number of imide groups is 1. The summed E-state index contributed by atoms with van der Waals surface area (Å²) < 4.78 is 0. The van der Waals surface area contributed by atoms with E-state index in [9.17, 15) is 24.3 Å². The van der Waals surface area contributed by atoms with Crippen molar-refractivity contribution in [1.82, 2.24) is 25.4 Å². The smallest absolute Gasteiger partial charge is 0.253 e. The van der Waals surface area contributed by atoms with Crippen LogP contribution in [0.25, 0.3) is 10.9 Å². The number of amides is 4. The summed E-state index contributed by atoms with van der Waals surface area (Å²) in [6.07, 6.45) is 12.8. The number of hydrogen-bond acceptors (Lipinski definition) is 7. The van der Waals surface area contributed by atoms with E-state index < -0.39 is 0 Å². The van der Waals surface area contributed by atoms with Crippen LogP contribution in [0.2, 0.25) is 0 Å². The first kappa shape index (κ1) is 33.1. The molecular formula is C34H47N5O5S. The third kappa shape index (κ3) is 8.30. The maximum Gasteiger partial charge on any atom is 0.253 e. The lowest BCUT2D eigenvalue weighted by molar-refractivity contribution is -0.138. The fourth-order valence-electron chi connectivity index (χ4n) is 6.81. The molecule has 45 heavy (non-hydrogen) atoms. The Bertz CT molecular complexity index is 1410. The van der Waals surface area contributed by atoms with Gasteiger partial charge in [0.25, 0.3) is 11.8 Å². The molecule has 5 rings (SSSR count). The highest BCUT2D eigenvalue weighted by Gasteiger charge is 2.35. The second-order valence-electron chi connectivity index (χ2n) is 12.6. The molecule has 2 atom stereocenters. The van der Waals surface area contributed by atoms with Gasteiger partial charge in [-0.25, -0.2) is 0 Å². The third-order valence-electron chi connectivity index (χ3n) is 9.61. The second kappa shape index (κ2) is 15.3. The Morgan fingerprint density at radius 1 is 1.00 bits per heavy atom. The Morgan fingerprint density at radius 3 is 2.47 bits per heavy atom. The minimum absolute atomic E-state index is 0.00711. The number of aryl methyl sites for hydroxylation is 1. The van der Waals surface area contributed by atoms with Crippen LogP contribution in [0.15, 0.2) is 29.3 Å². The number of aromatic amines is 1. The van der Waals surface area contributed by atoms with Gasteiger partial charge in [-0.2, -0.15) is 0 Å². The number of nitrogens with zero attached hydrogens (tertiary/aromatic N) is 2. The van der Waals surface area contributed by atoms with Crippen molar-refractivity contribution in [2.24, 2.45) is 11.8 Å². The first-order chi connectivity index (χ1) is 21.8. The largest absolute Gasteiger partial charge is 0.508 e. The minimum atomic E-state index is -0.238. The summed E-state index contributed by atoms with van der Waals surface area (Å²) in [4.78, 5) is 55.7. The highest BCUT2D eigenvalue weighted by molar-refractivity contribution is 7.98. The number of nitrogens with one attached hydrogen (secondary N) is 3. The lowest BCUT2D eigenvalue weighted by Gasteiger charge is -2.30. The molecule has 11 heteroatoms. The fraction of sp³-hybridized carbons (Fsp3) is 0.588. The second-order valence-corrected chi connectivity index (χ2v) is 13.5. The number of phenolic OH excluding ortho intramolecular Hbond substituents is 1. The van der Waals surface area contributed by atoms with Crippen molar-refractivity contribution in [2.45, 2.75) is 88.7 Å². The normalized spacial score (nSPS) is 22.8.